The number of rotatable bonds is 8. The number of carbonyl (C=O) groups is 1. The minimum Gasteiger partial charge on any atom is -0.292 e. The van der Waals surface area contributed by atoms with Gasteiger partial charge in [0, 0.05) is 18.5 Å². The molecule has 8 nitrogen and oxygen atoms in total. The van der Waals surface area contributed by atoms with Gasteiger partial charge in [-0.2, -0.15) is 17.9 Å². The number of nitrogen functional groups attached to an aromatic ring is 1. The van der Waals surface area contributed by atoms with Crippen molar-refractivity contribution in [3.63, 3.8) is 0 Å². The molecule has 0 saturated carbocycles. The molecule has 1 aromatic carbocycles. The first-order chi connectivity index (χ1) is 17.1. The molecule has 37 heavy (non-hydrogen) atoms. The molecule has 0 aliphatic carbocycles. The Morgan fingerprint density at radius 3 is 2.54 bits per heavy atom. The fourth-order valence-electron chi connectivity index (χ4n) is 3.77. The lowest BCUT2D eigenvalue weighted by Gasteiger charge is -2.32. The van der Waals surface area contributed by atoms with Crippen molar-refractivity contribution in [1.29, 1.82) is 0 Å². The van der Waals surface area contributed by atoms with Crippen molar-refractivity contribution < 1.29 is 35.2 Å². The average molecular weight is 610 g/mol. The van der Waals surface area contributed by atoms with Gasteiger partial charge in [-0.3, -0.25) is 15.1 Å². The molecule has 2 heterocycles. The number of hydrazine groups is 1. The van der Waals surface area contributed by atoms with Crippen LogP contribution in [-0.4, -0.2) is 55.4 Å². The van der Waals surface area contributed by atoms with Crippen LogP contribution in [0.3, 0.4) is 0 Å². The Bertz CT molecular complexity index is 1270. The SMILES string of the molecule is CCC(NS(=O)(=O)c1ccc(-c2sc(C(=O)NN)nc2CN2CCCC(F)(F)C2)c(Cl)c1Cl)C(F)(F)F. The van der Waals surface area contributed by atoms with Gasteiger partial charge in [0.05, 0.1) is 27.2 Å². The van der Waals surface area contributed by atoms with Crippen LogP contribution in [0.25, 0.3) is 10.4 Å². The summed E-state index contributed by atoms with van der Waals surface area (Å²) in [6.45, 7) is 0.896. The molecule has 2 aromatic rings. The Balaban J connectivity index is 2.03. The maximum atomic E-state index is 13.9. The second-order valence-corrected chi connectivity index (χ2v) is 11.7. The number of carbonyl (C=O) groups excluding carboxylic acids is 1. The third-order valence-electron chi connectivity index (χ3n) is 5.55. The summed E-state index contributed by atoms with van der Waals surface area (Å²) in [7, 11) is -4.74. The van der Waals surface area contributed by atoms with E-state index in [1.807, 2.05) is 5.43 Å². The molecule has 1 atom stereocenters. The van der Waals surface area contributed by atoms with E-state index in [0.717, 1.165) is 24.3 Å². The first-order valence-corrected chi connectivity index (χ1v) is 13.8. The van der Waals surface area contributed by atoms with Gasteiger partial charge in [0.25, 0.3) is 11.8 Å². The molecule has 1 saturated heterocycles. The van der Waals surface area contributed by atoms with Crippen molar-refractivity contribution >= 4 is 50.5 Å². The van der Waals surface area contributed by atoms with E-state index >= 15 is 0 Å². The molecule has 1 unspecified atom stereocenters. The summed E-state index contributed by atoms with van der Waals surface area (Å²) in [6.07, 6.45) is -5.41. The Labute approximate surface area is 223 Å². The number of hydrogen-bond donors (Lipinski definition) is 3. The number of halogens is 7. The summed E-state index contributed by atoms with van der Waals surface area (Å²) >= 11 is 13.4. The maximum Gasteiger partial charge on any atom is 0.404 e. The number of alkyl halides is 5. The normalized spacial score (nSPS) is 17.5. The van der Waals surface area contributed by atoms with Gasteiger partial charge < -0.3 is 0 Å². The van der Waals surface area contributed by atoms with Gasteiger partial charge in [-0.1, -0.05) is 36.2 Å². The summed E-state index contributed by atoms with van der Waals surface area (Å²) in [6, 6.07) is -0.181. The minimum atomic E-state index is -4.83. The van der Waals surface area contributed by atoms with Gasteiger partial charge in [0.15, 0.2) is 5.01 Å². The number of amides is 1. The third kappa shape index (κ3) is 6.88. The van der Waals surface area contributed by atoms with E-state index in [0.29, 0.717) is 6.54 Å². The Morgan fingerprint density at radius 1 is 1.30 bits per heavy atom. The van der Waals surface area contributed by atoms with E-state index in [1.165, 1.54) is 11.0 Å². The highest BCUT2D eigenvalue weighted by molar-refractivity contribution is 7.89. The lowest BCUT2D eigenvalue weighted by atomic mass is 10.1. The highest BCUT2D eigenvalue weighted by Crippen LogP contribution is 2.42. The van der Waals surface area contributed by atoms with Crippen LogP contribution >= 0.6 is 34.5 Å². The molecule has 17 heteroatoms. The number of benzene rings is 1. The van der Waals surface area contributed by atoms with Crippen molar-refractivity contribution in [3.8, 4) is 10.4 Å². The number of likely N-dealkylation sites (tertiary alicyclic amines) is 1. The molecule has 3 rings (SSSR count). The second-order valence-electron chi connectivity index (χ2n) is 8.30. The minimum absolute atomic E-state index is 0.0847. The second kappa shape index (κ2) is 11.2. The standard InChI is InChI=1S/C20H22Cl2F5N5O3S2/c1-2-13(20(25,26)27)31-37(34,35)12-5-4-10(14(21)15(12)22)16-11(29-18(36-16)17(33)30-28)8-32-7-3-6-19(23,24)9-32/h4-5,13,31H,2-3,6-9,28H2,1H3,(H,30,33). The molecule has 206 valence electrons. The predicted octanol–water partition coefficient (Wildman–Crippen LogP) is 4.57. The third-order valence-corrected chi connectivity index (χ3v) is 9.19. The van der Waals surface area contributed by atoms with Crippen LogP contribution in [0.1, 0.15) is 41.7 Å². The Hall–Kier alpha value is -1.62. The van der Waals surface area contributed by atoms with Gasteiger partial charge in [0.2, 0.25) is 10.0 Å². The zero-order chi connectivity index (χ0) is 27.8. The molecule has 4 N–H and O–H groups in total. The van der Waals surface area contributed by atoms with Gasteiger partial charge in [-0.05, 0) is 25.5 Å². The summed E-state index contributed by atoms with van der Waals surface area (Å²) in [4.78, 5) is 17.3. The fraction of sp³-hybridized carbons (Fsp3) is 0.500. The zero-order valence-electron chi connectivity index (χ0n) is 19.1. The first-order valence-electron chi connectivity index (χ1n) is 10.8. The first kappa shape index (κ1) is 29.9. The van der Waals surface area contributed by atoms with Crippen LogP contribution in [0.2, 0.25) is 10.0 Å². The van der Waals surface area contributed by atoms with Crippen LogP contribution in [-0.2, 0) is 16.6 Å². The monoisotopic (exact) mass is 609 g/mol. The number of nitrogens with zero attached hydrogens (tertiary/aromatic N) is 2. The van der Waals surface area contributed by atoms with E-state index in [4.69, 9.17) is 29.0 Å². The molecule has 1 amide bonds. The lowest BCUT2D eigenvalue weighted by Crippen LogP contribution is -2.44. The molecular weight excluding hydrogens is 588 g/mol. The van der Waals surface area contributed by atoms with Gasteiger partial charge >= 0.3 is 6.18 Å². The number of nitrogens with one attached hydrogen (secondary N) is 2. The molecule has 0 spiro atoms. The molecule has 1 aromatic heterocycles. The quantitative estimate of drug-likeness (QED) is 0.175. The van der Waals surface area contributed by atoms with Gasteiger partial charge in [-0.15, -0.1) is 11.3 Å². The van der Waals surface area contributed by atoms with E-state index in [2.05, 4.69) is 4.98 Å². The number of hydrogen-bond acceptors (Lipinski definition) is 7. The lowest BCUT2D eigenvalue weighted by molar-refractivity contribution is -0.151. The van der Waals surface area contributed by atoms with E-state index in [9.17, 15) is 35.2 Å². The number of piperidine rings is 1. The van der Waals surface area contributed by atoms with Crippen LogP contribution in [0.4, 0.5) is 22.0 Å². The molecule has 0 bridgehead atoms. The molecule has 1 aliphatic rings. The summed E-state index contributed by atoms with van der Waals surface area (Å²) < 4.78 is 94.2. The van der Waals surface area contributed by atoms with Gasteiger partial charge in [0.1, 0.15) is 10.9 Å². The smallest absolute Gasteiger partial charge is 0.292 e. The van der Waals surface area contributed by atoms with E-state index in [-0.39, 0.29) is 45.6 Å². The van der Waals surface area contributed by atoms with E-state index < -0.39 is 57.0 Å². The molecule has 1 fully saturated rings. The summed E-state index contributed by atoms with van der Waals surface area (Å²) in [5.74, 6) is 1.52. The highest BCUT2D eigenvalue weighted by Gasteiger charge is 2.41. The zero-order valence-corrected chi connectivity index (χ0v) is 22.3. The van der Waals surface area contributed by atoms with Crippen molar-refractivity contribution in [2.24, 2.45) is 5.84 Å². The van der Waals surface area contributed by atoms with Crippen molar-refractivity contribution in [2.45, 2.75) is 55.8 Å². The number of sulfonamides is 1. The summed E-state index contributed by atoms with van der Waals surface area (Å²) in [5.41, 5.74) is 2.22. The number of aromatic nitrogens is 1. The van der Waals surface area contributed by atoms with E-state index in [1.54, 1.807) is 4.72 Å². The Kier molecular flexibility index (Phi) is 9.09. The van der Waals surface area contributed by atoms with Crippen molar-refractivity contribution in [1.82, 2.24) is 20.0 Å². The molecular formula is C20H22Cl2F5N5O3S2. The Morgan fingerprint density at radius 2 is 1.97 bits per heavy atom. The van der Waals surface area contributed by atoms with Crippen LogP contribution in [0.5, 0.6) is 0 Å². The fourth-order valence-corrected chi connectivity index (χ4v) is 7.01. The maximum absolute atomic E-state index is 13.9. The van der Waals surface area contributed by atoms with Gasteiger partial charge in [-0.25, -0.2) is 28.0 Å². The number of thiazole rings is 1. The number of nitrogens with two attached hydrogens (primary N) is 1. The highest BCUT2D eigenvalue weighted by atomic mass is 35.5. The average Bonchev–Trinajstić information content (AvgIpc) is 3.20. The predicted molar refractivity (Wildman–Crippen MR) is 129 cm³/mol. The largest absolute Gasteiger partial charge is 0.404 e. The molecule has 0 radical (unpaired) electrons. The summed E-state index contributed by atoms with van der Waals surface area (Å²) in [5, 5.41) is -1.01. The van der Waals surface area contributed by atoms with Crippen LogP contribution in [0, 0.1) is 0 Å². The van der Waals surface area contributed by atoms with Crippen molar-refractivity contribution in [3.05, 3.63) is 32.9 Å². The van der Waals surface area contributed by atoms with Crippen LogP contribution in [0.15, 0.2) is 17.0 Å². The van der Waals surface area contributed by atoms with Crippen LogP contribution < -0.4 is 16.0 Å². The van der Waals surface area contributed by atoms with Crippen molar-refractivity contribution in [2.75, 3.05) is 13.1 Å². The molecule has 1 aliphatic heterocycles. The topological polar surface area (TPSA) is 117 Å².